The van der Waals surface area contributed by atoms with Gasteiger partial charge in [0.2, 0.25) is 15.9 Å². The van der Waals surface area contributed by atoms with Crippen LogP contribution in [0.3, 0.4) is 0 Å². The van der Waals surface area contributed by atoms with Gasteiger partial charge in [-0.1, -0.05) is 0 Å². The average Bonchev–Trinajstić information content (AvgIpc) is 3.39. The zero-order chi connectivity index (χ0) is 20.5. The molecule has 7 nitrogen and oxygen atoms in total. The fraction of sp³-hybridized carbons (Fsp3) is 0.444. The zero-order valence-corrected chi connectivity index (χ0v) is 19.0. The summed E-state index contributed by atoms with van der Waals surface area (Å²) in [5, 5.41) is 4.54. The molecule has 1 aliphatic rings. The highest BCUT2D eigenvalue weighted by Crippen LogP contribution is 2.33. The standard InChI is InChI=1S/C18H22BrN3O4S2/c1-4-26-14-9-11(5-8-13(14)19)20-16(23)18(2,3)15-10-27-17(21-15)22-28(24,25)12-6-7-12/h5,8-10,12H,4,6-7H2,1-3H3,(H,20,23)(H,21,22). The van der Waals surface area contributed by atoms with E-state index in [1.54, 1.807) is 37.4 Å². The molecule has 0 aliphatic heterocycles. The first-order valence-corrected chi connectivity index (χ1v) is 12.1. The van der Waals surface area contributed by atoms with Gasteiger partial charge in [-0.2, -0.15) is 0 Å². The van der Waals surface area contributed by atoms with Gasteiger partial charge in [0.05, 0.1) is 27.4 Å². The number of carbonyl (C=O) groups is 1. The second-order valence-electron chi connectivity index (χ2n) is 7.04. The van der Waals surface area contributed by atoms with E-state index in [0.717, 1.165) is 4.47 Å². The van der Waals surface area contributed by atoms with E-state index in [9.17, 15) is 13.2 Å². The zero-order valence-electron chi connectivity index (χ0n) is 15.8. The first-order chi connectivity index (χ1) is 13.1. The van der Waals surface area contributed by atoms with E-state index in [1.165, 1.54) is 11.3 Å². The monoisotopic (exact) mass is 487 g/mol. The van der Waals surface area contributed by atoms with Crippen LogP contribution in [0.2, 0.25) is 0 Å². The molecule has 1 heterocycles. The van der Waals surface area contributed by atoms with Crippen molar-refractivity contribution in [2.24, 2.45) is 0 Å². The van der Waals surface area contributed by atoms with E-state index in [4.69, 9.17) is 4.74 Å². The van der Waals surface area contributed by atoms with Gasteiger partial charge in [-0.15, -0.1) is 11.3 Å². The minimum atomic E-state index is -3.38. The molecule has 0 bridgehead atoms. The molecule has 28 heavy (non-hydrogen) atoms. The maximum Gasteiger partial charge on any atom is 0.237 e. The topological polar surface area (TPSA) is 97.4 Å². The van der Waals surface area contributed by atoms with E-state index >= 15 is 0 Å². The minimum Gasteiger partial charge on any atom is -0.493 e. The summed E-state index contributed by atoms with van der Waals surface area (Å²) in [6.45, 7) is 5.90. The number of sulfonamides is 1. The second-order valence-corrected chi connectivity index (χ2v) is 10.7. The molecule has 1 aromatic carbocycles. The van der Waals surface area contributed by atoms with Crippen LogP contribution in [0.5, 0.6) is 5.75 Å². The van der Waals surface area contributed by atoms with Gasteiger partial charge in [-0.3, -0.25) is 9.52 Å². The van der Waals surface area contributed by atoms with Crippen molar-refractivity contribution in [1.29, 1.82) is 0 Å². The highest BCUT2D eigenvalue weighted by atomic mass is 79.9. The second kappa shape index (κ2) is 8.00. The number of nitrogens with zero attached hydrogens (tertiary/aromatic N) is 1. The van der Waals surface area contributed by atoms with Crippen molar-refractivity contribution in [3.05, 3.63) is 33.7 Å². The molecule has 1 fully saturated rings. The molecule has 152 valence electrons. The van der Waals surface area contributed by atoms with Gasteiger partial charge in [0.15, 0.2) is 5.13 Å². The lowest BCUT2D eigenvalue weighted by Crippen LogP contribution is -2.35. The van der Waals surface area contributed by atoms with Crippen molar-refractivity contribution in [2.45, 2.75) is 44.3 Å². The SMILES string of the molecule is CCOc1cc(NC(=O)C(C)(C)c2csc(NS(=O)(=O)C3CC3)n2)ccc1Br. The summed E-state index contributed by atoms with van der Waals surface area (Å²) >= 11 is 4.59. The average molecular weight is 488 g/mol. The number of anilines is 2. The third kappa shape index (κ3) is 4.66. The number of thiazole rings is 1. The third-order valence-corrected chi connectivity index (χ3v) is 7.76. The Kier molecular flexibility index (Phi) is 6.02. The van der Waals surface area contributed by atoms with E-state index in [2.05, 4.69) is 31.0 Å². The molecule has 0 saturated heterocycles. The molecule has 0 atom stereocenters. The van der Waals surface area contributed by atoms with Gasteiger partial charge in [-0.05, 0) is 61.7 Å². The Morgan fingerprint density at radius 2 is 2.11 bits per heavy atom. The normalized spacial score (nSPS) is 14.6. The van der Waals surface area contributed by atoms with Gasteiger partial charge in [-0.25, -0.2) is 13.4 Å². The van der Waals surface area contributed by atoms with Crippen molar-refractivity contribution in [3.63, 3.8) is 0 Å². The van der Waals surface area contributed by atoms with Crippen LogP contribution in [0.4, 0.5) is 10.8 Å². The van der Waals surface area contributed by atoms with Crippen LogP contribution in [0.1, 0.15) is 39.3 Å². The van der Waals surface area contributed by atoms with Gasteiger partial charge in [0.25, 0.3) is 0 Å². The van der Waals surface area contributed by atoms with Crippen molar-refractivity contribution in [2.75, 3.05) is 16.6 Å². The molecule has 3 rings (SSSR count). The van der Waals surface area contributed by atoms with Gasteiger partial charge >= 0.3 is 0 Å². The molecule has 1 aromatic heterocycles. The summed E-state index contributed by atoms with van der Waals surface area (Å²) in [5.41, 5.74) is 0.166. The van der Waals surface area contributed by atoms with Gasteiger partial charge in [0, 0.05) is 17.1 Å². The van der Waals surface area contributed by atoms with Crippen LogP contribution in [-0.4, -0.2) is 31.2 Å². The number of rotatable bonds is 8. The van der Waals surface area contributed by atoms with Crippen molar-refractivity contribution < 1.29 is 17.9 Å². The maximum atomic E-state index is 12.9. The number of aromatic nitrogens is 1. The van der Waals surface area contributed by atoms with Crippen LogP contribution in [0.25, 0.3) is 0 Å². The van der Waals surface area contributed by atoms with Crippen LogP contribution >= 0.6 is 27.3 Å². The van der Waals surface area contributed by atoms with Crippen molar-refractivity contribution >= 4 is 54.0 Å². The molecule has 0 spiro atoms. The fourth-order valence-corrected chi connectivity index (χ4v) is 5.28. The summed E-state index contributed by atoms with van der Waals surface area (Å²) in [5.74, 6) is 0.391. The third-order valence-electron chi connectivity index (χ3n) is 4.39. The van der Waals surface area contributed by atoms with Crippen LogP contribution in [-0.2, 0) is 20.2 Å². The largest absolute Gasteiger partial charge is 0.493 e. The number of hydrogen-bond donors (Lipinski definition) is 2. The molecule has 10 heteroatoms. The summed E-state index contributed by atoms with van der Waals surface area (Å²) in [7, 11) is -3.38. The number of benzene rings is 1. The Labute approximate surface area is 177 Å². The first kappa shape index (κ1) is 21.1. The van der Waals surface area contributed by atoms with Gasteiger partial charge in [0.1, 0.15) is 5.75 Å². The predicted molar refractivity (Wildman–Crippen MR) is 115 cm³/mol. The number of nitrogens with one attached hydrogen (secondary N) is 2. The number of ether oxygens (including phenoxy) is 1. The quantitative estimate of drug-likeness (QED) is 0.583. The van der Waals surface area contributed by atoms with Crippen LogP contribution in [0, 0.1) is 0 Å². The highest BCUT2D eigenvalue weighted by molar-refractivity contribution is 9.10. The van der Waals surface area contributed by atoms with E-state index < -0.39 is 15.4 Å². The Bertz CT molecular complexity index is 984. The lowest BCUT2D eigenvalue weighted by molar-refractivity contribution is -0.120. The van der Waals surface area contributed by atoms with E-state index in [-0.39, 0.29) is 16.3 Å². The molecular weight excluding hydrogens is 466 g/mol. The number of amides is 1. The summed E-state index contributed by atoms with van der Waals surface area (Å²) in [4.78, 5) is 17.2. The highest BCUT2D eigenvalue weighted by Gasteiger charge is 2.37. The smallest absolute Gasteiger partial charge is 0.237 e. The predicted octanol–water partition coefficient (Wildman–Crippen LogP) is 4.12. The van der Waals surface area contributed by atoms with E-state index in [0.29, 0.717) is 36.6 Å². The Morgan fingerprint density at radius 3 is 2.75 bits per heavy atom. The van der Waals surface area contributed by atoms with Crippen molar-refractivity contribution in [1.82, 2.24) is 4.98 Å². The maximum absolute atomic E-state index is 12.9. The molecular formula is C18H22BrN3O4S2. The lowest BCUT2D eigenvalue weighted by atomic mass is 9.89. The van der Waals surface area contributed by atoms with Gasteiger partial charge < -0.3 is 10.1 Å². The van der Waals surface area contributed by atoms with Crippen molar-refractivity contribution in [3.8, 4) is 5.75 Å². The van der Waals surface area contributed by atoms with Crippen LogP contribution < -0.4 is 14.8 Å². The molecule has 2 N–H and O–H groups in total. The molecule has 1 saturated carbocycles. The van der Waals surface area contributed by atoms with E-state index in [1.807, 2.05) is 6.92 Å². The summed E-state index contributed by atoms with van der Waals surface area (Å²) < 4.78 is 33.0. The Morgan fingerprint density at radius 1 is 1.39 bits per heavy atom. The summed E-state index contributed by atoms with van der Waals surface area (Å²) in [6, 6.07) is 5.33. The lowest BCUT2D eigenvalue weighted by Gasteiger charge is -2.22. The molecule has 0 radical (unpaired) electrons. The fourth-order valence-electron chi connectivity index (χ4n) is 2.44. The minimum absolute atomic E-state index is 0.251. The molecule has 0 unspecified atom stereocenters. The Balaban J connectivity index is 1.73. The molecule has 1 amide bonds. The summed E-state index contributed by atoms with van der Waals surface area (Å²) in [6.07, 6.45) is 1.36. The molecule has 1 aliphatic carbocycles. The first-order valence-electron chi connectivity index (χ1n) is 8.85. The van der Waals surface area contributed by atoms with Crippen LogP contribution in [0.15, 0.2) is 28.1 Å². The number of halogens is 1. The number of hydrogen-bond acceptors (Lipinski definition) is 6. The molecule has 2 aromatic rings. The number of carbonyl (C=O) groups excluding carboxylic acids is 1. The Hall–Kier alpha value is -1.65.